The molecule has 0 unspecified atom stereocenters. The Balaban J connectivity index is 0. The molecule has 4 heteroatoms. The van der Waals surface area contributed by atoms with Gasteiger partial charge in [-0.05, 0) is 6.92 Å². The van der Waals surface area contributed by atoms with Crippen LogP contribution in [-0.4, -0.2) is 26.3 Å². The molecule has 0 amide bonds. The van der Waals surface area contributed by atoms with Crippen LogP contribution < -0.4 is 5.32 Å². The molecule has 0 aromatic carbocycles. The molecule has 0 saturated carbocycles. The lowest BCUT2D eigenvalue weighted by molar-refractivity contribution is 0.174. The molecule has 0 spiro atoms. The zero-order valence-electron chi connectivity index (χ0n) is 6.26. The lowest BCUT2D eigenvalue weighted by atomic mass is 10.4. The Morgan fingerprint density at radius 1 is 1.70 bits per heavy atom. The number of nitriles is 1. The summed E-state index contributed by atoms with van der Waals surface area (Å²) in [6.45, 7) is 3.02. The zero-order valence-corrected chi connectivity index (χ0v) is 7.07. The second kappa shape index (κ2) is 8.70. The minimum atomic E-state index is 0. The largest absolute Gasteiger partial charge is 0.383 e. The van der Waals surface area contributed by atoms with Gasteiger partial charge in [0.05, 0.1) is 19.2 Å². The van der Waals surface area contributed by atoms with E-state index in [1.807, 2.05) is 13.0 Å². The monoisotopic (exact) mass is 164 g/mol. The lowest BCUT2D eigenvalue weighted by Gasteiger charge is -2.08. The number of methoxy groups -OCH3 is 1. The van der Waals surface area contributed by atoms with Crippen LogP contribution in [-0.2, 0) is 4.74 Å². The normalized spacial score (nSPS) is 11.3. The molecule has 0 aromatic heterocycles. The van der Waals surface area contributed by atoms with Crippen molar-refractivity contribution in [1.82, 2.24) is 5.32 Å². The first-order chi connectivity index (χ1) is 4.31. The van der Waals surface area contributed by atoms with E-state index in [0.717, 1.165) is 0 Å². The Morgan fingerprint density at radius 3 is 2.70 bits per heavy atom. The third kappa shape index (κ3) is 7.70. The van der Waals surface area contributed by atoms with Gasteiger partial charge in [-0.2, -0.15) is 5.26 Å². The molecule has 0 fully saturated rings. The number of nitrogens with zero attached hydrogens (tertiary/aromatic N) is 1. The van der Waals surface area contributed by atoms with Gasteiger partial charge in [0.2, 0.25) is 0 Å². The Kier molecular flexibility index (Phi) is 10.8. The first-order valence-electron chi connectivity index (χ1n) is 2.90. The third-order valence-electron chi connectivity index (χ3n) is 0.946. The van der Waals surface area contributed by atoms with E-state index in [4.69, 9.17) is 10.00 Å². The molecule has 0 rings (SSSR count). The van der Waals surface area contributed by atoms with E-state index >= 15 is 0 Å². The summed E-state index contributed by atoms with van der Waals surface area (Å²) >= 11 is 0. The lowest BCUT2D eigenvalue weighted by Crippen LogP contribution is -2.30. The van der Waals surface area contributed by atoms with Crippen molar-refractivity contribution in [3.8, 4) is 6.07 Å². The van der Waals surface area contributed by atoms with Crippen LogP contribution in [0.4, 0.5) is 0 Å². The van der Waals surface area contributed by atoms with Gasteiger partial charge in [-0.15, -0.1) is 12.4 Å². The molecular formula is C6H13ClN2O. The number of hydrogen-bond acceptors (Lipinski definition) is 3. The van der Waals surface area contributed by atoms with Gasteiger partial charge in [0.15, 0.2) is 0 Å². The summed E-state index contributed by atoms with van der Waals surface area (Å²) < 4.78 is 4.83. The molecular weight excluding hydrogens is 152 g/mol. The molecule has 10 heavy (non-hydrogen) atoms. The van der Waals surface area contributed by atoms with Crippen LogP contribution in [0, 0.1) is 11.3 Å². The van der Waals surface area contributed by atoms with Crippen LogP contribution in [0.1, 0.15) is 6.92 Å². The number of rotatable bonds is 4. The van der Waals surface area contributed by atoms with Gasteiger partial charge in [-0.25, -0.2) is 0 Å². The molecule has 60 valence electrons. The number of ether oxygens (including phenoxy) is 1. The van der Waals surface area contributed by atoms with Crippen LogP contribution in [0.25, 0.3) is 0 Å². The quantitative estimate of drug-likeness (QED) is 0.618. The van der Waals surface area contributed by atoms with Crippen LogP contribution in [0.2, 0.25) is 0 Å². The van der Waals surface area contributed by atoms with Gasteiger partial charge >= 0.3 is 0 Å². The topological polar surface area (TPSA) is 45.0 Å². The molecule has 0 aliphatic heterocycles. The van der Waals surface area contributed by atoms with E-state index in [-0.39, 0.29) is 18.4 Å². The molecule has 0 aliphatic carbocycles. The van der Waals surface area contributed by atoms with Crippen molar-refractivity contribution in [2.45, 2.75) is 13.0 Å². The molecule has 0 heterocycles. The van der Waals surface area contributed by atoms with Crippen molar-refractivity contribution in [1.29, 1.82) is 5.26 Å². The summed E-state index contributed by atoms with van der Waals surface area (Å²) in [5.41, 5.74) is 0. The van der Waals surface area contributed by atoms with Crippen molar-refractivity contribution in [3.63, 3.8) is 0 Å². The molecule has 0 saturated heterocycles. The highest BCUT2D eigenvalue weighted by Crippen LogP contribution is 1.79. The Bertz CT molecular complexity index is 102. The highest BCUT2D eigenvalue weighted by atomic mass is 35.5. The summed E-state index contributed by atoms with van der Waals surface area (Å²) in [6, 6.07) is 2.26. The highest BCUT2D eigenvalue weighted by molar-refractivity contribution is 5.85. The van der Waals surface area contributed by atoms with Crippen molar-refractivity contribution < 1.29 is 4.74 Å². The fraction of sp³-hybridized carbons (Fsp3) is 0.833. The fourth-order valence-electron chi connectivity index (χ4n) is 0.529. The number of nitrogens with one attached hydrogen (secondary N) is 1. The highest BCUT2D eigenvalue weighted by Gasteiger charge is 1.96. The maximum Gasteiger partial charge on any atom is 0.0843 e. The maximum atomic E-state index is 8.13. The fourth-order valence-corrected chi connectivity index (χ4v) is 0.529. The van der Waals surface area contributed by atoms with Crippen LogP contribution in [0.5, 0.6) is 0 Å². The summed E-state index contributed by atoms with van der Waals surface area (Å²) in [6.07, 6.45) is 0. The van der Waals surface area contributed by atoms with E-state index in [1.54, 1.807) is 7.11 Å². The second-order valence-electron chi connectivity index (χ2n) is 1.90. The van der Waals surface area contributed by atoms with E-state index in [0.29, 0.717) is 13.2 Å². The van der Waals surface area contributed by atoms with Crippen molar-refractivity contribution in [3.05, 3.63) is 0 Å². The molecule has 0 bridgehead atoms. The second-order valence-corrected chi connectivity index (χ2v) is 1.90. The number of halogens is 1. The Labute approximate surface area is 67.8 Å². The average molecular weight is 165 g/mol. The van der Waals surface area contributed by atoms with E-state index in [1.165, 1.54) is 0 Å². The zero-order chi connectivity index (χ0) is 7.11. The van der Waals surface area contributed by atoms with E-state index in [2.05, 4.69) is 5.32 Å². The molecule has 1 atom stereocenters. The smallest absolute Gasteiger partial charge is 0.0843 e. The standard InChI is InChI=1S/C6H12N2O.ClH/c1-6(5-9-2)8-4-3-7;/h6,8H,4-5H2,1-2H3;1H/t6-;/m1./s1. The molecule has 0 aromatic rings. The average Bonchev–Trinajstić information content (AvgIpc) is 1.85. The summed E-state index contributed by atoms with van der Waals surface area (Å²) in [7, 11) is 1.64. The number of hydrogen-bond donors (Lipinski definition) is 1. The maximum absolute atomic E-state index is 8.13. The Morgan fingerprint density at radius 2 is 2.30 bits per heavy atom. The van der Waals surface area contributed by atoms with E-state index in [9.17, 15) is 0 Å². The van der Waals surface area contributed by atoms with Gasteiger partial charge in [0, 0.05) is 13.2 Å². The van der Waals surface area contributed by atoms with Crippen molar-refractivity contribution >= 4 is 12.4 Å². The molecule has 1 N–H and O–H groups in total. The predicted molar refractivity (Wildman–Crippen MR) is 42.2 cm³/mol. The minimum Gasteiger partial charge on any atom is -0.383 e. The first-order valence-corrected chi connectivity index (χ1v) is 2.90. The van der Waals surface area contributed by atoms with Gasteiger partial charge in [0.1, 0.15) is 0 Å². The molecule has 0 aliphatic rings. The predicted octanol–water partition coefficient (Wildman–Crippen LogP) is 0.556. The molecule has 3 nitrogen and oxygen atoms in total. The van der Waals surface area contributed by atoms with Gasteiger partial charge in [0.25, 0.3) is 0 Å². The first kappa shape index (κ1) is 12.4. The van der Waals surface area contributed by atoms with Crippen LogP contribution >= 0.6 is 12.4 Å². The van der Waals surface area contributed by atoms with E-state index < -0.39 is 0 Å². The summed E-state index contributed by atoms with van der Waals surface area (Å²) in [5, 5.41) is 11.1. The van der Waals surface area contributed by atoms with Crippen LogP contribution in [0.3, 0.4) is 0 Å². The molecule has 0 radical (unpaired) electrons. The van der Waals surface area contributed by atoms with Crippen molar-refractivity contribution in [2.75, 3.05) is 20.3 Å². The third-order valence-corrected chi connectivity index (χ3v) is 0.946. The SMILES string of the molecule is COC[C@@H](C)NCC#N.Cl. The van der Waals surface area contributed by atoms with Crippen LogP contribution in [0.15, 0.2) is 0 Å². The minimum absolute atomic E-state index is 0. The summed E-state index contributed by atoms with van der Waals surface area (Å²) in [5.74, 6) is 0. The van der Waals surface area contributed by atoms with Gasteiger partial charge in [-0.3, -0.25) is 5.32 Å². The van der Waals surface area contributed by atoms with Gasteiger partial charge in [-0.1, -0.05) is 0 Å². The summed E-state index contributed by atoms with van der Waals surface area (Å²) in [4.78, 5) is 0. The van der Waals surface area contributed by atoms with Gasteiger partial charge < -0.3 is 4.74 Å². The van der Waals surface area contributed by atoms with Crippen molar-refractivity contribution in [2.24, 2.45) is 0 Å². The Hall–Kier alpha value is -0.300.